The van der Waals surface area contributed by atoms with Crippen LogP contribution < -0.4 is 5.32 Å². The largest absolute Gasteiger partial charge is 0.481 e. The van der Waals surface area contributed by atoms with E-state index in [9.17, 15) is 14.7 Å². The van der Waals surface area contributed by atoms with Gasteiger partial charge in [-0.25, -0.2) is 0 Å². The number of carboxylic acid groups (broad SMARTS) is 1. The first-order chi connectivity index (χ1) is 11.1. The van der Waals surface area contributed by atoms with Crippen molar-refractivity contribution in [2.24, 2.45) is 0 Å². The van der Waals surface area contributed by atoms with Crippen LogP contribution >= 0.6 is 11.3 Å². The van der Waals surface area contributed by atoms with Gasteiger partial charge in [0, 0.05) is 18.1 Å². The number of amides is 1. The highest BCUT2D eigenvalue weighted by Gasteiger charge is 2.37. The van der Waals surface area contributed by atoms with Gasteiger partial charge in [0.2, 0.25) is 0 Å². The summed E-state index contributed by atoms with van der Waals surface area (Å²) in [5, 5.41) is 12.2. The summed E-state index contributed by atoms with van der Waals surface area (Å²) < 4.78 is 5.33. The number of thiophene rings is 1. The minimum absolute atomic E-state index is 0.0484. The van der Waals surface area contributed by atoms with Crippen molar-refractivity contribution in [3.05, 3.63) is 21.4 Å². The van der Waals surface area contributed by atoms with Gasteiger partial charge >= 0.3 is 5.97 Å². The van der Waals surface area contributed by atoms with Crippen molar-refractivity contribution in [3.63, 3.8) is 0 Å². The van der Waals surface area contributed by atoms with Crippen molar-refractivity contribution in [3.8, 4) is 0 Å². The van der Waals surface area contributed by atoms with Gasteiger partial charge in [0.15, 0.2) is 0 Å². The van der Waals surface area contributed by atoms with Gasteiger partial charge < -0.3 is 15.2 Å². The van der Waals surface area contributed by atoms with Gasteiger partial charge in [-0.05, 0) is 50.2 Å². The molecule has 1 saturated heterocycles. The molecule has 2 heterocycles. The molecule has 1 aromatic heterocycles. The van der Waals surface area contributed by atoms with Crippen molar-refractivity contribution in [2.75, 3.05) is 13.2 Å². The number of carbonyl (C=O) groups is 2. The molecule has 5 nitrogen and oxygen atoms in total. The number of hydrogen-bond donors (Lipinski definition) is 2. The topological polar surface area (TPSA) is 75.6 Å². The lowest BCUT2D eigenvalue weighted by Gasteiger charge is -2.36. The molecule has 2 aliphatic rings. The molecule has 6 heteroatoms. The second-order valence-corrected chi connectivity index (χ2v) is 7.67. The molecule has 0 saturated carbocycles. The Morgan fingerprint density at radius 2 is 1.96 bits per heavy atom. The molecule has 0 unspecified atom stereocenters. The molecule has 0 aromatic carbocycles. The van der Waals surface area contributed by atoms with Crippen LogP contribution in [0.1, 0.15) is 58.6 Å². The first kappa shape index (κ1) is 16.5. The Kier molecular flexibility index (Phi) is 5.02. The van der Waals surface area contributed by atoms with Gasteiger partial charge in [-0.1, -0.05) is 6.42 Å². The van der Waals surface area contributed by atoms with Crippen molar-refractivity contribution in [2.45, 2.75) is 56.9 Å². The molecular weight excluding hydrogens is 314 g/mol. The van der Waals surface area contributed by atoms with E-state index in [4.69, 9.17) is 4.74 Å². The van der Waals surface area contributed by atoms with Gasteiger partial charge in [-0.2, -0.15) is 0 Å². The molecule has 1 fully saturated rings. The van der Waals surface area contributed by atoms with Crippen molar-refractivity contribution in [1.82, 2.24) is 5.32 Å². The number of ether oxygens (including phenoxy) is 1. The SMILES string of the molecule is O=C(O)CC1(NC(=O)c2cc3c(s2)CCCCC3)CCOCC1. The molecule has 3 rings (SSSR count). The predicted octanol–water partition coefficient (Wildman–Crippen LogP) is 2.77. The zero-order valence-corrected chi connectivity index (χ0v) is 14.0. The molecular formula is C17H23NO4S. The lowest BCUT2D eigenvalue weighted by atomic mass is 9.86. The van der Waals surface area contributed by atoms with E-state index in [1.807, 2.05) is 6.07 Å². The Labute approximate surface area is 140 Å². The summed E-state index contributed by atoms with van der Waals surface area (Å²) >= 11 is 1.57. The molecule has 0 spiro atoms. The number of fused-ring (bicyclic) bond motifs is 1. The van der Waals surface area contributed by atoms with E-state index < -0.39 is 11.5 Å². The normalized spacial score (nSPS) is 20.3. The summed E-state index contributed by atoms with van der Waals surface area (Å²) in [4.78, 5) is 25.9. The second kappa shape index (κ2) is 7.01. The third kappa shape index (κ3) is 3.93. The Balaban J connectivity index is 1.75. The fourth-order valence-electron chi connectivity index (χ4n) is 3.48. The van der Waals surface area contributed by atoms with Crippen molar-refractivity contribution >= 4 is 23.2 Å². The Bertz CT molecular complexity index is 566. The average molecular weight is 337 g/mol. The number of aryl methyl sites for hydroxylation is 2. The third-order valence-corrected chi connectivity index (χ3v) is 6.02. The van der Waals surface area contributed by atoms with E-state index in [0.717, 1.165) is 12.8 Å². The number of rotatable bonds is 4. The average Bonchev–Trinajstić information content (AvgIpc) is 2.78. The predicted molar refractivity (Wildman–Crippen MR) is 88.1 cm³/mol. The fourth-order valence-corrected chi connectivity index (χ4v) is 4.63. The monoisotopic (exact) mass is 337 g/mol. The molecule has 126 valence electrons. The van der Waals surface area contributed by atoms with Crippen molar-refractivity contribution in [1.29, 1.82) is 0 Å². The number of hydrogen-bond acceptors (Lipinski definition) is 4. The van der Waals surface area contributed by atoms with E-state index in [0.29, 0.717) is 30.9 Å². The van der Waals surface area contributed by atoms with Crippen LogP contribution in [0.25, 0.3) is 0 Å². The molecule has 1 aliphatic heterocycles. The lowest BCUT2D eigenvalue weighted by Crippen LogP contribution is -2.53. The summed E-state index contributed by atoms with van der Waals surface area (Å²) in [6, 6.07) is 2.01. The van der Waals surface area contributed by atoms with Crippen LogP contribution in [-0.4, -0.2) is 35.7 Å². The van der Waals surface area contributed by atoms with E-state index >= 15 is 0 Å². The fraction of sp³-hybridized carbons (Fsp3) is 0.647. The molecule has 1 aromatic rings. The lowest BCUT2D eigenvalue weighted by molar-refractivity contribution is -0.139. The van der Waals surface area contributed by atoms with Crippen LogP contribution in [0.3, 0.4) is 0 Å². The molecule has 0 radical (unpaired) electrons. The van der Waals surface area contributed by atoms with Crippen LogP contribution in [0.15, 0.2) is 6.07 Å². The van der Waals surface area contributed by atoms with E-state index in [-0.39, 0.29) is 12.3 Å². The quantitative estimate of drug-likeness (QED) is 0.829. The van der Waals surface area contributed by atoms with Crippen LogP contribution in [0, 0.1) is 0 Å². The zero-order valence-electron chi connectivity index (χ0n) is 13.2. The molecule has 23 heavy (non-hydrogen) atoms. The standard InChI is InChI=1S/C17H23NO4S/c19-15(20)11-17(6-8-22-9-7-17)18-16(21)14-10-12-4-2-1-3-5-13(12)23-14/h10H,1-9,11H2,(H,18,21)(H,19,20). The van der Waals surface area contributed by atoms with Crippen LogP contribution in [-0.2, 0) is 22.4 Å². The molecule has 1 amide bonds. The maximum Gasteiger partial charge on any atom is 0.305 e. The second-order valence-electron chi connectivity index (χ2n) is 6.54. The number of aliphatic carboxylic acids is 1. The van der Waals surface area contributed by atoms with E-state index in [1.54, 1.807) is 11.3 Å². The Morgan fingerprint density at radius 1 is 1.22 bits per heavy atom. The number of carbonyl (C=O) groups excluding carboxylic acids is 1. The van der Waals surface area contributed by atoms with Crippen LogP contribution in [0.4, 0.5) is 0 Å². The summed E-state index contributed by atoms with van der Waals surface area (Å²) in [5.41, 5.74) is 0.625. The summed E-state index contributed by atoms with van der Waals surface area (Å²) in [6.07, 6.45) is 6.79. The zero-order chi connectivity index (χ0) is 16.3. The van der Waals surface area contributed by atoms with E-state index in [1.165, 1.54) is 29.7 Å². The summed E-state index contributed by atoms with van der Waals surface area (Å²) in [6.45, 7) is 0.989. The Morgan fingerprint density at radius 3 is 2.70 bits per heavy atom. The van der Waals surface area contributed by atoms with Gasteiger partial charge in [0.1, 0.15) is 0 Å². The van der Waals surface area contributed by atoms with Crippen LogP contribution in [0.5, 0.6) is 0 Å². The highest BCUT2D eigenvalue weighted by Crippen LogP contribution is 2.30. The van der Waals surface area contributed by atoms with Crippen molar-refractivity contribution < 1.29 is 19.4 Å². The van der Waals surface area contributed by atoms with Gasteiger partial charge in [0.05, 0.1) is 16.8 Å². The van der Waals surface area contributed by atoms with E-state index in [2.05, 4.69) is 5.32 Å². The summed E-state index contributed by atoms with van der Waals surface area (Å²) in [5.74, 6) is -1.01. The van der Waals surface area contributed by atoms with Crippen LogP contribution in [0.2, 0.25) is 0 Å². The highest BCUT2D eigenvalue weighted by atomic mass is 32.1. The molecule has 0 bridgehead atoms. The molecule has 2 N–H and O–H groups in total. The molecule has 1 aliphatic carbocycles. The summed E-state index contributed by atoms with van der Waals surface area (Å²) in [7, 11) is 0. The van der Waals surface area contributed by atoms with Gasteiger partial charge in [0.25, 0.3) is 5.91 Å². The first-order valence-electron chi connectivity index (χ1n) is 8.32. The smallest absolute Gasteiger partial charge is 0.305 e. The third-order valence-electron chi connectivity index (χ3n) is 4.79. The maximum absolute atomic E-state index is 12.7. The number of nitrogens with one attached hydrogen (secondary N) is 1. The first-order valence-corrected chi connectivity index (χ1v) is 9.13. The minimum Gasteiger partial charge on any atom is -0.481 e. The molecule has 0 atom stereocenters. The highest BCUT2D eigenvalue weighted by molar-refractivity contribution is 7.14. The van der Waals surface area contributed by atoms with Gasteiger partial charge in [-0.3, -0.25) is 9.59 Å². The van der Waals surface area contributed by atoms with Gasteiger partial charge in [-0.15, -0.1) is 11.3 Å². The minimum atomic E-state index is -0.880. The number of carboxylic acids is 1. The maximum atomic E-state index is 12.7. The Hall–Kier alpha value is -1.40.